The van der Waals surface area contributed by atoms with Crippen molar-refractivity contribution in [2.24, 2.45) is 0 Å². The molecule has 1 rings (SSSR count). The minimum absolute atomic E-state index is 0.731. The Kier molecular flexibility index (Phi) is 3.29. The second kappa shape index (κ2) is 4.04. The summed E-state index contributed by atoms with van der Waals surface area (Å²) in [5.41, 5.74) is 0. The Labute approximate surface area is 70.7 Å². The Balaban J connectivity index is 2.50. The van der Waals surface area contributed by atoms with Gasteiger partial charge < -0.3 is 0 Å². The highest BCUT2D eigenvalue weighted by atomic mass is 32.2. The topological polar surface area (TPSA) is 0 Å². The van der Waals surface area contributed by atoms with Gasteiger partial charge in [-0.1, -0.05) is 13.0 Å². The highest BCUT2D eigenvalue weighted by Gasteiger charge is 2.03. The van der Waals surface area contributed by atoms with Crippen LogP contribution in [0.25, 0.3) is 0 Å². The average molecular weight is 172 g/mol. The number of thioether (sulfide) groups is 1. The molecule has 1 atom stereocenters. The van der Waals surface area contributed by atoms with E-state index < -0.39 is 0 Å². The zero-order valence-corrected chi connectivity index (χ0v) is 7.97. The molecule has 2 heteroatoms. The van der Waals surface area contributed by atoms with Crippen LogP contribution in [0.5, 0.6) is 0 Å². The molecule has 0 N–H and O–H groups in total. The van der Waals surface area contributed by atoms with Crippen LogP contribution in [0.3, 0.4) is 0 Å². The fourth-order valence-corrected chi connectivity index (χ4v) is 2.48. The SMILES string of the molecule is CSCC(C)c1cccs1. The van der Waals surface area contributed by atoms with Crippen LogP contribution >= 0.6 is 23.1 Å². The van der Waals surface area contributed by atoms with Crippen LogP contribution in [0, 0.1) is 0 Å². The third-order valence-electron chi connectivity index (χ3n) is 1.45. The molecule has 0 spiro atoms. The molecule has 0 aliphatic rings. The van der Waals surface area contributed by atoms with Gasteiger partial charge in [-0.2, -0.15) is 11.8 Å². The zero-order chi connectivity index (χ0) is 7.40. The Morgan fingerprint density at radius 1 is 1.70 bits per heavy atom. The van der Waals surface area contributed by atoms with E-state index in [1.165, 1.54) is 10.6 Å². The smallest absolute Gasteiger partial charge is 0.00816 e. The first-order valence-electron chi connectivity index (χ1n) is 3.37. The third-order valence-corrected chi connectivity index (χ3v) is 3.38. The molecule has 0 bridgehead atoms. The highest BCUT2D eigenvalue weighted by molar-refractivity contribution is 7.98. The molecule has 0 fully saturated rings. The molecule has 1 aromatic rings. The summed E-state index contributed by atoms with van der Waals surface area (Å²) in [5.74, 6) is 1.97. The molecule has 0 amide bonds. The molecule has 0 saturated heterocycles. The van der Waals surface area contributed by atoms with E-state index in [0.29, 0.717) is 0 Å². The quantitative estimate of drug-likeness (QED) is 0.674. The van der Waals surface area contributed by atoms with E-state index in [4.69, 9.17) is 0 Å². The number of hydrogen-bond acceptors (Lipinski definition) is 2. The van der Waals surface area contributed by atoms with E-state index in [1.54, 1.807) is 0 Å². The summed E-state index contributed by atoms with van der Waals surface area (Å²) < 4.78 is 0. The van der Waals surface area contributed by atoms with Crippen molar-refractivity contribution in [1.29, 1.82) is 0 Å². The van der Waals surface area contributed by atoms with Gasteiger partial charge in [0.05, 0.1) is 0 Å². The second-order valence-electron chi connectivity index (χ2n) is 2.37. The van der Waals surface area contributed by atoms with Gasteiger partial charge in [-0.3, -0.25) is 0 Å². The van der Waals surface area contributed by atoms with Gasteiger partial charge in [-0.15, -0.1) is 11.3 Å². The Hall–Kier alpha value is 0.0500. The fourth-order valence-electron chi connectivity index (χ4n) is 0.904. The normalized spacial score (nSPS) is 13.4. The van der Waals surface area contributed by atoms with Crippen molar-refractivity contribution >= 4 is 23.1 Å². The molecule has 0 nitrogen and oxygen atoms in total. The lowest BCUT2D eigenvalue weighted by atomic mass is 10.2. The maximum atomic E-state index is 2.28. The molecular weight excluding hydrogens is 160 g/mol. The standard InChI is InChI=1S/C8H12S2/c1-7(6-9-2)8-4-3-5-10-8/h3-5,7H,6H2,1-2H3. The Bertz CT molecular complexity index is 167. The van der Waals surface area contributed by atoms with Crippen LogP contribution in [0.15, 0.2) is 17.5 Å². The summed E-state index contributed by atoms with van der Waals surface area (Å²) in [5, 5.41) is 2.14. The van der Waals surface area contributed by atoms with Crippen molar-refractivity contribution in [1.82, 2.24) is 0 Å². The van der Waals surface area contributed by atoms with E-state index in [-0.39, 0.29) is 0 Å². The van der Waals surface area contributed by atoms with Crippen LogP contribution in [0.2, 0.25) is 0 Å². The van der Waals surface area contributed by atoms with Gasteiger partial charge in [0.25, 0.3) is 0 Å². The average Bonchev–Trinajstić information content (AvgIpc) is 2.38. The Morgan fingerprint density at radius 3 is 3.00 bits per heavy atom. The molecule has 0 aromatic carbocycles. The van der Waals surface area contributed by atoms with Gasteiger partial charge in [-0.25, -0.2) is 0 Å². The lowest BCUT2D eigenvalue weighted by Crippen LogP contribution is -1.91. The van der Waals surface area contributed by atoms with E-state index in [9.17, 15) is 0 Å². The maximum absolute atomic E-state index is 2.28. The summed E-state index contributed by atoms with van der Waals surface area (Å²) in [7, 11) is 0. The highest BCUT2D eigenvalue weighted by Crippen LogP contribution is 2.22. The van der Waals surface area contributed by atoms with E-state index >= 15 is 0 Å². The van der Waals surface area contributed by atoms with Crippen molar-refractivity contribution in [2.45, 2.75) is 12.8 Å². The first-order valence-corrected chi connectivity index (χ1v) is 5.64. The van der Waals surface area contributed by atoms with Crippen LogP contribution < -0.4 is 0 Å². The third kappa shape index (κ3) is 2.03. The first kappa shape index (κ1) is 8.15. The fraction of sp³-hybridized carbons (Fsp3) is 0.500. The first-order chi connectivity index (χ1) is 4.84. The summed E-state index contributed by atoms with van der Waals surface area (Å²) in [4.78, 5) is 1.51. The summed E-state index contributed by atoms with van der Waals surface area (Å²) >= 11 is 3.77. The van der Waals surface area contributed by atoms with Gasteiger partial charge in [0.1, 0.15) is 0 Å². The van der Waals surface area contributed by atoms with Crippen LogP contribution in [0.4, 0.5) is 0 Å². The summed E-state index contributed by atoms with van der Waals surface area (Å²) in [6, 6.07) is 4.34. The van der Waals surface area contributed by atoms with Crippen molar-refractivity contribution in [3.63, 3.8) is 0 Å². The predicted octanol–water partition coefficient (Wildman–Crippen LogP) is 3.21. The van der Waals surface area contributed by atoms with Gasteiger partial charge in [0.2, 0.25) is 0 Å². The summed E-state index contributed by atoms with van der Waals surface area (Å²) in [6.07, 6.45) is 2.16. The summed E-state index contributed by atoms with van der Waals surface area (Å²) in [6.45, 7) is 2.28. The molecule has 0 aliphatic heterocycles. The largest absolute Gasteiger partial charge is 0.165 e. The van der Waals surface area contributed by atoms with E-state index in [1.807, 2.05) is 23.1 Å². The molecule has 0 saturated carbocycles. The lowest BCUT2D eigenvalue weighted by molar-refractivity contribution is 0.906. The van der Waals surface area contributed by atoms with Gasteiger partial charge in [0, 0.05) is 10.6 Å². The van der Waals surface area contributed by atoms with Gasteiger partial charge >= 0.3 is 0 Å². The minimum Gasteiger partial charge on any atom is -0.165 e. The second-order valence-corrected chi connectivity index (χ2v) is 4.26. The molecule has 1 aromatic heterocycles. The maximum Gasteiger partial charge on any atom is 0.00816 e. The Morgan fingerprint density at radius 2 is 2.50 bits per heavy atom. The van der Waals surface area contributed by atoms with E-state index in [0.717, 1.165) is 5.92 Å². The predicted molar refractivity (Wildman–Crippen MR) is 51.1 cm³/mol. The van der Waals surface area contributed by atoms with Crippen molar-refractivity contribution in [2.75, 3.05) is 12.0 Å². The van der Waals surface area contributed by atoms with Crippen molar-refractivity contribution in [3.8, 4) is 0 Å². The molecule has 1 unspecified atom stereocenters. The van der Waals surface area contributed by atoms with Crippen LogP contribution in [0.1, 0.15) is 17.7 Å². The monoisotopic (exact) mass is 172 g/mol. The number of thiophene rings is 1. The van der Waals surface area contributed by atoms with Gasteiger partial charge in [0.15, 0.2) is 0 Å². The molecule has 10 heavy (non-hydrogen) atoms. The molecule has 0 aliphatic carbocycles. The minimum atomic E-state index is 0.731. The molecule has 0 radical (unpaired) electrons. The van der Waals surface area contributed by atoms with E-state index in [2.05, 4.69) is 30.7 Å². The molecular formula is C8H12S2. The van der Waals surface area contributed by atoms with Crippen molar-refractivity contribution in [3.05, 3.63) is 22.4 Å². The lowest BCUT2D eigenvalue weighted by Gasteiger charge is -2.04. The molecule has 56 valence electrons. The van der Waals surface area contributed by atoms with Crippen molar-refractivity contribution < 1.29 is 0 Å². The van der Waals surface area contributed by atoms with Gasteiger partial charge in [-0.05, 0) is 23.6 Å². The zero-order valence-electron chi connectivity index (χ0n) is 6.33. The number of rotatable bonds is 3. The van der Waals surface area contributed by atoms with Crippen LogP contribution in [-0.2, 0) is 0 Å². The molecule has 1 heterocycles. The van der Waals surface area contributed by atoms with Crippen LogP contribution in [-0.4, -0.2) is 12.0 Å². The number of hydrogen-bond donors (Lipinski definition) is 0.